The molecule has 0 radical (unpaired) electrons. The highest BCUT2D eigenvalue weighted by atomic mass is 35.5. The predicted octanol–water partition coefficient (Wildman–Crippen LogP) is 1.56. The Labute approximate surface area is 136 Å². The summed E-state index contributed by atoms with van der Waals surface area (Å²) in [4.78, 5) is 0. The molecule has 2 fully saturated rings. The van der Waals surface area contributed by atoms with Crippen LogP contribution in [0.1, 0.15) is 33.1 Å². The van der Waals surface area contributed by atoms with Gasteiger partial charge in [-0.25, -0.2) is 0 Å². The Morgan fingerprint density at radius 1 is 1.05 bits per heavy atom. The molecule has 0 aromatic heterocycles. The van der Waals surface area contributed by atoms with Gasteiger partial charge in [0.05, 0.1) is 0 Å². The van der Waals surface area contributed by atoms with E-state index < -0.39 is 10.2 Å². The van der Waals surface area contributed by atoms with Crippen LogP contribution in [0.3, 0.4) is 0 Å². The topological polar surface area (TPSA) is 52.7 Å². The lowest BCUT2D eigenvalue weighted by Crippen LogP contribution is -2.51. The number of hydrogen-bond acceptors (Lipinski definition) is 3. The molecule has 0 aromatic carbocycles. The fraction of sp³-hybridized carbons (Fsp3) is 1.00. The summed E-state index contributed by atoms with van der Waals surface area (Å²) in [5, 5.41) is 3.19. The lowest BCUT2D eigenvalue weighted by Gasteiger charge is -2.39. The van der Waals surface area contributed by atoms with Crippen molar-refractivity contribution < 1.29 is 8.42 Å². The SMILES string of the molecule is CNCC1CCN(S(=O)(=O)N2CC(C)CC(C)C2)CC1.Cl. The minimum absolute atomic E-state index is 0. The molecule has 0 amide bonds. The molecule has 2 unspecified atom stereocenters. The van der Waals surface area contributed by atoms with Crippen LogP contribution in [0.25, 0.3) is 0 Å². The molecule has 2 aliphatic rings. The zero-order valence-corrected chi connectivity index (χ0v) is 15.0. The number of halogens is 1. The summed E-state index contributed by atoms with van der Waals surface area (Å²) in [6.07, 6.45) is 3.08. The highest BCUT2D eigenvalue weighted by molar-refractivity contribution is 7.86. The summed E-state index contributed by atoms with van der Waals surface area (Å²) in [5.41, 5.74) is 0. The molecule has 0 saturated carbocycles. The largest absolute Gasteiger partial charge is 0.319 e. The first-order valence-electron chi connectivity index (χ1n) is 7.83. The summed E-state index contributed by atoms with van der Waals surface area (Å²) < 4.78 is 28.9. The van der Waals surface area contributed by atoms with Crippen molar-refractivity contribution in [1.29, 1.82) is 0 Å². The third-order valence-corrected chi connectivity index (χ3v) is 6.52. The molecule has 2 rings (SSSR count). The second kappa shape index (κ2) is 8.11. The maximum absolute atomic E-state index is 12.7. The molecule has 7 heteroatoms. The summed E-state index contributed by atoms with van der Waals surface area (Å²) >= 11 is 0. The van der Waals surface area contributed by atoms with E-state index in [-0.39, 0.29) is 12.4 Å². The van der Waals surface area contributed by atoms with Crippen molar-refractivity contribution in [2.75, 3.05) is 39.8 Å². The van der Waals surface area contributed by atoms with Gasteiger partial charge in [-0.15, -0.1) is 12.4 Å². The van der Waals surface area contributed by atoms with E-state index in [1.807, 2.05) is 7.05 Å². The van der Waals surface area contributed by atoms with E-state index in [1.54, 1.807) is 8.61 Å². The minimum atomic E-state index is -3.24. The molecule has 2 saturated heterocycles. The first kappa shape index (κ1) is 19.2. The van der Waals surface area contributed by atoms with Crippen molar-refractivity contribution >= 4 is 22.6 Å². The van der Waals surface area contributed by atoms with Gasteiger partial charge in [0.25, 0.3) is 10.2 Å². The maximum atomic E-state index is 12.7. The molecule has 5 nitrogen and oxygen atoms in total. The van der Waals surface area contributed by atoms with Gasteiger partial charge in [-0.2, -0.15) is 17.0 Å². The van der Waals surface area contributed by atoms with Crippen LogP contribution >= 0.6 is 12.4 Å². The fourth-order valence-electron chi connectivity index (χ4n) is 3.59. The molecule has 1 N–H and O–H groups in total. The Hall–Kier alpha value is 0.120. The van der Waals surface area contributed by atoms with E-state index in [2.05, 4.69) is 19.2 Å². The summed E-state index contributed by atoms with van der Waals surface area (Å²) in [6, 6.07) is 0. The van der Waals surface area contributed by atoms with Crippen LogP contribution < -0.4 is 5.32 Å². The number of nitrogens with zero attached hydrogens (tertiary/aromatic N) is 2. The molecule has 126 valence electrons. The van der Waals surface area contributed by atoms with Crippen molar-refractivity contribution in [3.63, 3.8) is 0 Å². The third kappa shape index (κ3) is 4.79. The zero-order valence-electron chi connectivity index (χ0n) is 13.4. The van der Waals surface area contributed by atoms with Crippen LogP contribution in [0.4, 0.5) is 0 Å². The van der Waals surface area contributed by atoms with Gasteiger partial charge in [0.15, 0.2) is 0 Å². The van der Waals surface area contributed by atoms with E-state index >= 15 is 0 Å². The van der Waals surface area contributed by atoms with E-state index in [1.165, 1.54) is 0 Å². The smallest absolute Gasteiger partial charge is 0.281 e. The Bertz CT molecular complexity index is 400. The van der Waals surface area contributed by atoms with E-state index in [9.17, 15) is 8.42 Å². The van der Waals surface area contributed by atoms with Crippen LogP contribution in [-0.4, -0.2) is 56.8 Å². The van der Waals surface area contributed by atoms with Gasteiger partial charge >= 0.3 is 0 Å². The Morgan fingerprint density at radius 2 is 1.57 bits per heavy atom. The first-order chi connectivity index (χ1) is 9.43. The van der Waals surface area contributed by atoms with Gasteiger partial charge in [0.2, 0.25) is 0 Å². The van der Waals surface area contributed by atoms with Gasteiger partial charge < -0.3 is 5.32 Å². The van der Waals surface area contributed by atoms with Crippen molar-refractivity contribution in [2.24, 2.45) is 17.8 Å². The lowest BCUT2D eigenvalue weighted by atomic mass is 9.94. The molecule has 0 aromatic rings. The van der Waals surface area contributed by atoms with E-state index in [4.69, 9.17) is 0 Å². The Kier molecular flexibility index (Phi) is 7.40. The lowest BCUT2D eigenvalue weighted by molar-refractivity contribution is 0.196. The highest BCUT2D eigenvalue weighted by Gasteiger charge is 2.36. The normalized spacial score (nSPS) is 30.0. The molecule has 0 aliphatic carbocycles. The molecule has 2 aliphatic heterocycles. The minimum Gasteiger partial charge on any atom is -0.319 e. The summed E-state index contributed by atoms with van der Waals surface area (Å²) in [6.45, 7) is 8.01. The number of piperidine rings is 2. The summed E-state index contributed by atoms with van der Waals surface area (Å²) in [7, 11) is -1.29. The van der Waals surface area contributed by atoms with Gasteiger partial charge in [0, 0.05) is 26.2 Å². The highest BCUT2D eigenvalue weighted by Crippen LogP contribution is 2.27. The van der Waals surface area contributed by atoms with Crippen molar-refractivity contribution in [1.82, 2.24) is 13.9 Å². The van der Waals surface area contributed by atoms with Crippen LogP contribution in [-0.2, 0) is 10.2 Å². The monoisotopic (exact) mass is 339 g/mol. The van der Waals surface area contributed by atoms with Crippen molar-refractivity contribution in [2.45, 2.75) is 33.1 Å². The van der Waals surface area contributed by atoms with Crippen molar-refractivity contribution in [3.8, 4) is 0 Å². The quantitative estimate of drug-likeness (QED) is 0.845. The molecular weight excluding hydrogens is 310 g/mol. The van der Waals surface area contributed by atoms with E-state index in [0.29, 0.717) is 43.9 Å². The molecular formula is C14H30ClN3O2S. The summed E-state index contributed by atoms with van der Waals surface area (Å²) in [5.74, 6) is 1.55. The van der Waals surface area contributed by atoms with E-state index in [0.717, 1.165) is 25.8 Å². The van der Waals surface area contributed by atoms with Crippen LogP contribution in [0, 0.1) is 17.8 Å². The molecule has 0 spiro atoms. The molecule has 21 heavy (non-hydrogen) atoms. The number of nitrogens with one attached hydrogen (secondary N) is 1. The predicted molar refractivity (Wildman–Crippen MR) is 88.9 cm³/mol. The zero-order chi connectivity index (χ0) is 14.8. The molecule has 0 bridgehead atoms. The van der Waals surface area contributed by atoms with Crippen LogP contribution in [0.15, 0.2) is 0 Å². The average Bonchev–Trinajstić information content (AvgIpc) is 2.38. The molecule has 2 heterocycles. The van der Waals surface area contributed by atoms with Gasteiger partial charge in [-0.05, 0) is 50.6 Å². The van der Waals surface area contributed by atoms with Gasteiger partial charge in [0.1, 0.15) is 0 Å². The standard InChI is InChI=1S/C14H29N3O2S.ClH/c1-12-8-13(2)11-17(10-12)20(18,19)16-6-4-14(5-7-16)9-15-3;/h12-15H,4-11H2,1-3H3;1H. The number of rotatable bonds is 4. The fourth-order valence-corrected chi connectivity index (χ4v) is 5.47. The van der Waals surface area contributed by atoms with Crippen LogP contribution in [0.2, 0.25) is 0 Å². The van der Waals surface area contributed by atoms with Gasteiger partial charge in [-0.1, -0.05) is 13.8 Å². The van der Waals surface area contributed by atoms with Crippen LogP contribution in [0.5, 0.6) is 0 Å². The Morgan fingerprint density at radius 3 is 2.05 bits per heavy atom. The second-order valence-electron chi connectivity index (χ2n) is 6.67. The first-order valence-corrected chi connectivity index (χ1v) is 9.23. The third-order valence-electron chi connectivity index (χ3n) is 4.55. The average molecular weight is 340 g/mol. The molecule has 2 atom stereocenters. The Balaban J connectivity index is 0.00000220. The maximum Gasteiger partial charge on any atom is 0.281 e. The van der Waals surface area contributed by atoms with Gasteiger partial charge in [-0.3, -0.25) is 0 Å². The second-order valence-corrected chi connectivity index (χ2v) is 8.60. The van der Waals surface area contributed by atoms with Crippen molar-refractivity contribution in [3.05, 3.63) is 0 Å². The number of hydrogen-bond donors (Lipinski definition) is 1.